The van der Waals surface area contributed by atoms with E-state index in [0.717, 1.165) is 5.56 Å². The molecule has 0 saturated carbocycles. The zero-order chi connectivity index (χ0) is 19.0. The van der Waals surface area contributed by atoms with Gasteiger partial charge in [0.05, 0.1) is 26.4 Å². The summed E-state index contributed by atoms with van der Waals surface area (Å²) in [7, 11) is 4.39. The predicted molar refractivity (Wildman–Crippen MR) is 92.9 cm³/mol. The maximum absolute atomic E-state index is 12.4. The summed E-state index contributed by atoms with van der Waals surface area (Å²) in [5.74, 6) is 0.0367. The van der Waals surface area contributed by atoms with Gasteiger partial charge in [0.1, 0.15) is 11.4 Å². The average Bonchev–Trinajstić information content (AvgIpc) is 2.55. The lowest BCUT2D eigenvalue weighted by atomic mass is 10.1. The third-order valence-corrected chi connectivity index (χ3v) is 3.21. The molecule has 0 aliphatic heterocycles. The predicted octanol–water partition coefficient (Wildman–Crippen LogP) is 2.87. The van der Waals surface area contributed by atoms with Crippen LogP contribution in [0.2, 0.25) is 0 Å². The van der Waals surface area contributed by atoms with Gasteiger partial charge in [0.2, 0.25) is 0 Å². The van der Waals surface area contributed by atoms with Crippen molar-refractivity contribution in [2.24, 2.45) is 0 Å². The van der Waals surface area contributed by atoms with Crippen molar-refractivity contribution in [3.8, 4) is 5.75 Å². The Morgan fingerprint density at radius 3 is 2.28 bits per heavy atom. The van der Waals surface area contributed by atoms with E-state index in [-0.39, 0.29) is 6.54 Å². The summed E-state index contributed by atoms with van der Waals surface area (Å²) in [5, 5.41) is 0. The fourth-order valence-corrected chi connectivity index (χ4v) is 2.09. The van der Waals surface area contributed by atoms with Gasteiger partial charge in [0.25, 0.3) is 0 Å². The minimum absolute atomic E-state index is 0.249. The highest BCUT2D eigenvalue weighted by Gasteiger charge is 2.23. The van der Waals surface area contributed by atoms with Crippen LogP contribution >= 0.6 is 0 Å². The highest BCUT2D eigenvalue weighted by molar-refractivity contribution is 5.90. The maximum atomic E-state index is 12.4. The quantitative estimate of drug-likeness (QED) is 0.702. The Hall–Kier alpha value is -2.28. The van der Waals surface area contributed by atoms with Crippen molar-refractivity contribution in [3.63, 3.8) is 0 Å². The summed E-state index contributed by atoms with van der Waals surface area (Å²) in [6.07, 6.45) is -0.452. The molecule has 140 valence electrons. The van der Waals surface area contributed by atoms with Crippen LogP contribution in [0.25, 0.3) is 0 Å². The molecule has 1 aromatic rings. The molecule has 0 atom stereocenters. The van der Waals surface area contributed by atoms with Crippen LogP contribution in [0.15, 0.2) is 18.2 Å². The second kappa shape index (κ2) is 9.27. The smallest absolute Gasteiger partial charge is 0.410 e. The molecule has 1 aromatic carbocycles. The number of carbonyl (C=O) groups is 2. The van der Waals surface area contributed by atoms with Gasteiger partial charge in [-0.15, -0.1) is 0 Å². The van der Waals surface area contributed by atoms with Crippen LogP contribution in [0.5, 0.6) is 5.75 Å². The van der Waals surface area contributed by atoms with Crippen LogP contribution in [0.1, 0.15) is 36.7 Å². The summed E-state index contributed by atoms with van der Waals surface area (Å²) in [5.41, 5.74) is 0.475. The second-order valence-electron chi connectivity index (χ2n) is 6.46. The number of esters is 1. The Bertz CT molecular complexity index is 594. The molecule has 0 aromatic heterocycles. The minimum atomic E-state index is -0.603. The molecule has 0 heterocycles. The van der Waals surface area contributed by atoms with Crippen molar-refractivity contribution in [1.29, 1.82) is 0 Å². The molecule has 7 nitrogen and oxygen atoms in total. The normalized spacial score (nSPS) is 11.0. The molecule has 0 aliphatic carbocycles. The Balaban J connectivity index is 3.05. The SMILES string of the molecule is COCCN(Cc1cc(OC)cc(C(=O)OC)c1)C(=O)OC(C)(C)C. The first-order valence-electron chi connectivity index (χ1n) is 7.93. The summed E-state index contributed by atoms with van der Waals surface area (Å²) in [6.45, 7) is 6.39. The van der Waals surface area contributed by atoms with Gasteiger partial charge < -0.3 is 23.8 Å². The van der Waals surface area contributed by atoms with Crippen molar-refractivity contribution >= 4 is 12.1 Å². The third kappa shape index (κ3) is 7.01. The van der Waals surface area contributed by atoms with Crippen molar-refractivity contribution in [2.75, 3.05) is 34.5 Å². The second-order valence-corrected chi connectivity index (χ2v) is 6.46. The molecule has 1 rings (SSSR count). The van der Waals surface area contributed by atoms with Crippen LogP contribution < -0.4 is 4.74 Å². The molecule has 0 radical (unpaired) electrons. The Morgan fingerprint density at radius 2 is 1.76 bits per heavy atom. The van der Waals surface area contributed by atoms with Crippen LogP contribution in [-0.4, -0.2) is 57.0 Å². The van der Waals surface area contributed by atoms with E-state index < -0.39 is 17.7 Å². The Kier molecular flexibility index (Phi) is 7.70. The van der Waals surface area contributed by atoms with Crippen molar-refractivity contribution in [3.05, 3.63) is 29.3 Å². The lowest BCUT2D eigenvalue weighted by Crippen LogP contribution is -2.38. The van der Waals surface area contributed by atoms with Gasteiger partial charge in [-0.2, -0.15) is 0 Å². The zero-order valence-electron chi connectivity index (χ0n) is 15.8. The lowest BCUT2D eigenvalue weighted by Gasteiger charge is -2.27. The number of ether oxygens (including phenoxy) is 4. The lowest BCUT2D eigenvalue weighted by molar-refractivity contribution is 0.0183. The zero-order valence-corrected chi connectivity index (χ0v) is 15.8. The van der Waals surface area contributed by atoms with Crippen LogP contribution in [0, 0.1) is 0 Å². The summed E-state index contributed by atoms with van der Waals surface area (Å²) in [4.78, 5) is 25.8. The molecular weight excluding hydrogens is 326 g/mol. The molecule has 0 N–H and O–H groups in total. The van der Waals surface area contributed by atoms with Gasteiger partial charge in [0, 0.05) is 20.2 Å². The number of hydrogen-bond acceptors (Lipinski definition) is 6. The van der Waals surface area contributed by atoms with Crippen molar-refractivity contribution in [1.82, 2.24) is 4.90 Å². The average molecular weight is 353 g/mol. The van der Waals surface area contributed by atoms with E-state index in [4.69, 9.17) is 18.9 Å². The number of methoxy groups -OCH3 is 3. The van der Waals surface area contributed by atoms with E-state index in [2.05, 4.69) is 0 Å². The maximum Gasteiger partial charge on any atom is 0.410 e. The Labute approximate surface area is 148 Å². The number of rotatable bonds is 7. The molecule has 0 spiro atoms. The van der Waals surface area contributed by atoms with Gasteiger partial charge in [-0.1, -0.05) is 0 Å². The van der Waals surface area contributed by atoms with Gasteiger partial charge in [-0.05, 0) is 44.5 Å². The number of carbonyl (C=O) groups excluding carboxylic acids is 2. The van der Waals surface area contributed by atoms with E-state index in [1.54, 1.807) is 46.1 Å². The summed E-state index contributed by atoms with van der Waals surface area (Å²) < 4.78 is 20.5. The summed E-state index contributed by atoms with van der Waals surface area (Å²) >= 11 is 0. The molecule has 0 unspecified atom stereocenters. The van der Waals surface area contributed by atoms with Gasteiger partial charge in [0.15, 0.2) is 0 Å². The third-order valence-electron chi connectivity index (χ3n) is 3.21. The number of amides is 1. The fraction of sp³-hybridized carbons (Fsp3) is 0.556. The van der Waals surface area contributed by atoms with Crippen molar-refractivity contribution in [2.45, 2.75) is 32.9 Å². The van der Waals surface area contributed by atoms with Crippen LogP contribution in [0.3, 0.4) is 0 Å². The van der Waals surface area contributed by atoms with E-state index >= 15 is 0 Å². The largest absolute Gasteiger partial charge is 0.497 e. The molecule has 0 saturated heterocycles. The van der Waals surface area contributed by atoms with Crippen LogP contribution in [0.4, 0.5) is 4.79 Å². The van der Waals surface area contributed by atoms with Gasteiger partial charge in [-0.3, -0.25) is 0 Å². The highest BCUT2D eigenvalue weighted by Crippen LogP contribution is 2.20. The van der Waals surface area contributed by atoms with Gasteiger partial charge >= 0.3 is 12.1 Å². The molecule has 0 aliphatic rings. The number of nitrogens with zero attached hydrogens (tertiary/aromatic N) is 1. The molecule has 0 bridgehead atoms. The summed E-state index contributed by atoms with van der Waals surface area (Å²) in [6, 6.07) is 5.01. The first-order chi connectivity index (χ1) is 11.7. The Morgan fingerprint density at radius 1 is 1.08 bits per heavy atom. The highest BCUT2D eigenvalue weighted by atomic mass is 16.6. The monoisotopic (exact) mass is 353 g/mol. The first kappa shape index (κ1) is 20.8. The topological polar surface area (TPSA) is 74.3 Å². The van der Waals surface area contributed by atoms with E-state index in [1.807, 2.05) is 0 Å². The number of benzene rings is 1. The standard InChI is InChI=1S/C18H27NO6/c1-18(2,3)25-17(21)19(7-8-22-4)12-13-9-14(16(20)24-6)11-15(10-13)23-5/h9-11H,7-8,12H2,1-6H3. The van der Waals surface area contributed by atoms with E-state index in [9.17, 15) is 9.59 Å². The fourth-order valence-electron chi connectivity index (χ4n) is 2.09. The molecular formula is C18H27NO6. The van der Waals surface area contributed by atoms with E-state index in [0.29, 0.717) is 24.5 Å². The van der Waals surface area contributed by atoms with Gasteiger partial charge in [-0.25, -0.2) is 9.59 Å². The molecule has 7 heteroatoms. The van der Waals surface area contributed by atoms with Crippen molar-refractivity contribution < 1.29 is 28.5 Å². The molecule has 25 heavy (non-hydrogen) atoms. The van der Waals surface area contributed by atoms with E-state index in [1.165, 1.54) is 19.1 Å². The number of hydrogen-bond donors (Lipinski definition) is 0. The first-order valence-corrected chi connectivity index (χ1v) is 7.93. The molecule has 0 fully saturated rings. The van der Waals surface area contributed by atoms with Crippen LogP contribution in [-0.2, 0) is 20.8 Å². The minimum Gasteiger partial charge on any atom is -0.497 e. The molecule has 1 amide bonds.